The number of primary sulfonamides is 1. The lowest BCUT2D eigenvalue weighted by atomic mass is 9.83. The van der Waals surface area contributed by atoms with E-state index in [1.165, 1.54) is 0 Å². The highest BCUT2D eigenvalue weighted by Crippen LogP contribution is 2.20. The zero-order valence-electron chi connectivity index (χ0n) is 9.67. The van der Waals surface area contributed by atoms with Gasteiger partial charge in [-0.2, -0.15) is 0 Å². The van der Waals surface area contributed by atoms with Gasteiger partial charge in [0.25, 0.3) is 0 Å². The molecule has 1 saturated heterocycles. The average molecular weight is 286 g/mol. The quantitative estimate of drug-likeness (QED) is 0.489. The number of sulfonamides is 1. The Hall–Kier alpha value is -1.56. The maximum atomic E-state index is 11.7. The highest BCUT2D eigenvalue weighted by Gasteiger charge is 2.38. The van der Waals surface area contributed by atoms with Crippen LogP contribution in [0.15, 0.2) is 12.4 Å². The lowest BCUT2D eigenvalue weighted by molar-refractivity contribution is -0.117. The molecular formula is C8H11BN4O5S. The first-order valence-electron chi connectivity index (χ1n) is 5.29. The van der Waals surface area contributed by atoms with Gasteiger partial charge in [-0.05, 0) is 0 Å². The highest BCUT2D eigenvalue weighted by atomic mass is 32.2. The second-order valence-electron chi connectivity index (χ2n) is 4.11. The number of carbonyl (C=O) groups is 1. The molecule has 102 valence electrons. The fourth-order valence-electron chi connectivity index (χ4n) is 1.69. The van der Waals surface area contributed by atoms with Crippen molar-refractivity contribution in [1.82, 2.24) is 9.97 Å². The third-order valence-corrected chi connectivity index (χ3v) is 4.00. The number of aromatic nitrogens is 2. The van der Waals surface area contributed by atoms with Crippen LogP contribution in [0.1, 0.15) is 6.42 Å². The SMILES string of the molecule is NS(=O)(=O)C1CC(=O)N(c2ncc(B(O)O)cn2)C1. The van der Waals surface area contributed by atoms with Crippen LogP contribution in [0.5, 0.6) is 0 Å². The first-order chi connectivity index (χ1) is 8.79. The summed E-state index contributed by atoms with van der Waals surface area (Å²) in [5, 5.41) is 21.8. The zero-order chi connectivity index (χ0) is 14.2. The lowest BCUT2D eigenvalue weighted by Gasteiger charge is -2.13. The lowest BCUT2D eigenvalue weighted by Crippen LogP contribution is -2.34. The minimum Gasteiger partial charge on any atom is -0.423 e. The van der Waals surface area contributed by atoms with Gasteiger partial charge >= 0.3 is 7.12 Å². The van der Waals surface area contributed by atoms with Gasteiger partial charge in [0, 0.05) is 30.8 Å². The van der Waals surface area contributed by atoms with E-state index >= 15 is 0 Å². The normalized spacial score (nSPS) is 19.8. The van der Waals surface area contributed by atoms with Crippen LogP contribution < -0.4 is 15.5 Å². The molecular weight excluding hydrogens is 275 g/mol. The van der Waals surface area contributed by atoms with Crippen LogP contribution in [-0.2, 0) is 14.8 Å². The topological polar surface area (TPSA) is 147 Å². The van der Waals surface area contributed by atoms with Crippen molar-refractivity contribution in [2.24, 2.45) is 5.14 Å². The van der Waals surface area contributed by atoms with E-state index in [9.17, 15) is 13.2 Å². The van der Waals surface area contributed by atoms with E-state index in [2.05, 4.69) is 9.97 Å². The first kappa shape index (κ1) is 13.9. The largest absolute Gasteiger partial charge is 0.491 e. The molecule has 0 aliphatic carbocycles. The molecule has 1 fully saturated rings. The second kappa shape index (κ2) is 4.85. The Balaban J connectivity index is 2.21. The second-order valence-corrected chi connectivity index (χ2v) is 5.95. The zero-order valence-corrected chi connectivity index (χ0v) is 10.5. The number of amides is 1. The van der Waals surface area contributed by atoms with E-state index in [0.29, 0.717) is 0 Å². The Kier molecular flexibility index (Phi) is 3.54. The number of nitrogens with zero attached hydrogens (tertiary/aromatic N) is 3. The van der Waals surface area contributed by atoms with E-state index in [0.717, 1.165) is 17.3 Å². The van der Waals surface area contributed by atoms with E-state index in [4.69, 9.17) is 15.2 Å². The van der Waals surface area contributed by atoms with Gasteiger partial charge in [-0.1, -0.05) is 0 Å². The van der Waals surface area contributed by atoms with Gasteiger partial charge in [0.1, 0.15) is 5.25 Å². The van der Waals surface area contributed by atoms with Crippen LogP contribution in [0, 0.1) is 0 Å². The molecule has 2 heterocycles. The standard InChI is InChI=1S/C8H11BN4O5S/c10-19(17,18)6-1-7(14)13(4-6)8-11-2-5(3-12-8)9(15)16/h2-3,6,15-16H,1,4H2,(H2,10,17,18). The van der Waals surface area contributed by atoms with Crippen molar-refractivity contribution >= 4 is 34.5 Å². The molecule has 11 heteroatoms. The predicted molar refractivity (Wildman–Crippen MR) is 65.7 cm³/mol. The van der Waals surface area contributed by atoms with E-state index in [1.807, 2.05) is 0 Å². The molecule has 9 nitrogen and oxygen atoms in total. The van der Waals surface area contributed by atoms with Crippen LogP contribution in [0.3, 0.4) is 0 Å². The van der Waals surface area contributed by atoms with Crippen molar-refractivity contribution < 1.29 is 23.3 Å². The molecule has 0 saturated carbocycles. The summed E-state index contributed by atoms with van der Waals surface area (Å²) in [7, 11) is -5.50. The molecule has 1 aromatic heterocycles. The molecule has 0 bridgehead atoms. The third kappa shape index (κ3) is 2.89. The number of hydrogen-bond donors (Lipinski definition) is 3. The Morgan fingerprint density at radius 3 is 2.37 bits per heavy atom. The van der Waals surface area contributed by atoms with Gasteiger partial charge < -0.3 is 10.0 Å². The predicted octanol–water partition coefficient (Wildman–Crippen LogP) is -3.45. The fraction of sp³-hybridized carbons (Fsp3) is 0.375. The third-order valence-electron chi connectivity index (χ3n) is 2.75. The van der Waals surface area contributed by atoms with E-state index < -0.39 is 28.3 Å². The van der Waals surface area contributed by atoms with Gasteiger partial charge in [-0.15, -0.1) is 0 Å². The summed E-state index contributed by atoms with van der Waals surface area (Å²) in [5.74, 6) is -0.447. The summed E-state index contributed by atoms with van der Waals surface area (Å²) < 4.78 is 22.4. The van der Waals surface area contributed by atoms with Gasteiger partial charge in [0.15, 0.2) is 0 Å². The van der Waals surface area contributed by atoms with Crippen molar-refractivity contribution in [3.63, 3.8) is 0 Å². The maximum absolute atomic E-state index is 11.7. The van der Waals surface area contributed by atoms with Gasteiger partial charge in [0.05, 0.1) is 0 Å². The Bertz CT molecular complexity index is 590. The molecule has 2 rings (SSSR count). The fourth-order valence-corrected chi connectivity index (χ4v) is 2.42. The number of hydrogen-bond acceptors (Lipinski definition) is 7. The molecule has 1 amide bonds. The van der Waals surface area contributed by atoms with Gasteiger partial charge in [-0.25, -0.2) is 23.5 Å². The van der Waals surface area contributed by atoms with Crippen molar-refractivity contribution in [3.8, 4) is 0 Å². The summed E-state index contributed by atoms with van der Waals surface area (Å²) in [4.78, 5) is 20.4. The summed E-state index contributed by atoms with van der Waals surface area (Å²) in [6.45, 7) is -0.112. The highest BCUT2D eigenvalue weighted by molar-refractivity contribution is 7.89. The number of carbonyl (C=O) groups excluding carboxylic acids is 1. The smallest absolute Gasteiger partial charge is 0.423 e. The molecule has 4 N–H and O–H groups in total. The van der Waals surface area contributed by atoms with Crippen molar-refractivity contribution in [2.75, 3.05) is 11.4 Å². The van der Waals surface area contributed by atoms with Crippen molar-refractivity contribution in [1.29, 1.82) is 0 Å². The molecule has 19 heavy (non-hydrogen) atoms. The minimum absolute atomic E-state index is 0.000509. The first-order valence-corrected chi connectivity index (χ1v) is 6.90. The molecule has 1 unspecified atom stereocenters. The van der Waals surface area contributed by atoms with E-state index in [1.54, 1.807) is 0 Å². The summed E-state index contributed by atoms with van der Waals surface area (Å²) >= 11 is 0. The summed E-state index contributed by atoms with van der Waals surface area (Å²) in [6, 6.07) is 0. The number of nitrogens with two attached hydrogens (primary N) is 1. The molecule has 1 aliphatic heterocycles. The molecule has 0 spiro atoms. The maximum Gasteiger partial charge on any atom is 0.491 e. The van der Waals surface area contributed by atoms with Crippen LogP contribution in [-0.4, -0.2) is 53.3 Å². The molecule has 0 aromatic carbocycles. The Morgan fingerprint density at radius 2 is 1.95 bits per heavy atom. The van der Waals surface area contributed by atoms with E-state index in [-0.39, 0.29) is 24.4 Å². The van der Waals surface area contributed by atoms with Crippen molar-refractivity contribution in [3.05, 3.63) is 12.4 Å². The summed E-state index contributed by atoms with van der Waals surface area (Å²) in [5.41, 5.74) is 0.0680. The number of rotatable bonds is 3. The molecule has 1 atom stereocenters. The molecule has 0 radical (unpaired) electrons. The Morgan fingerprint density at radius 1 is 1.37 bits per heavy atom. The van der Waals surface area contributed by atoms with Crippen LogP contribution in [0.2, 0.25) is 0 Å². The molecule has 1 aromatic rings. The van der Waals surface area contributed by atoms with Gasteiger partial charge in [-0.3, -0.25) is 9.69 Å². The monoisotopic (exact) mass is 286 g/mol. The molecule has 1 aliphatic rings. The van der Waals surface area contributed by atoms with Crippen LogP contribution >= 0.6 is 0 Å². The number of anilines is 1. The summed E-state index contributed by atoms with van der Waals surface area (Å²) in [6.07, 6.45) is 2.07. The Labute approximate surface area is 109 Å². The average Bonchev–Trinajstić information content (AvgIpc) is 2.71. The minimum atomic E-state index is -3.80. The van der Waals surface area contributed by atoms with Crippen LogP contribution in [0.4, 0.5) is 5.95 Å². The van der Waals surface area contributed by atoms with Crippen molar-refractivity contribution in [2.45, 2.75) is 11.7 Å². The van der Waals surface area contributed by atoms with Crippen LogP contribution in [0.25, 0.3) is 0 Å². The van der Waals surface area contributed by atoms with Gasteiger partial charge in [0.2, 0.25) is 21.9 Å².